The maximum Gasteiger partial charge on any atom is 0.254 e. The second-order valence-corrected chi connectivity index (χ2v) is 3.78. The van der Waals surface area contributed by atoms with Crippen molar-refractivity contribution < 1.29 is 4.79 Å². The summed E-state index contributed by atoms with van der Waals surface area (Å²) in [7, 11) is 0. The molecule has 1 aromatic heterocycles. The molecular weight excluding hydrogens is 190 g/mol. The average molecular weight is 209 g/mol. The second-order valence-electron chi connectivity index (χ2n) is 3.78. The van der Waals surface area contributed by atoms with Crippen molar-refractivity contribution in [1.82, 2.24) is 15.5 Å². The van der Waals surface area contributed by atoms with Crippen LogP contribution in [0.25, 0.3) is 0 Å². The highest BCUT2D eigenvalue weighted by molar-refractivity contribution is 5.94. The number of carbonyl (C=O) groups is 1. The number of amides is 1. The minimum absolute atomic E-state index is 0.0469. The Balaban J connectivity index is 2.71. The normalized spacial score (nSPS) is 11.4. The van der Waals surface area contributed by atoms with E-state index >= 15 is 0 Å². The molecule has 0 aliphatic heterocycles. The van der Waals surface area contributed by atoms with Crippen LogP contribution in [-0.4, -0.2) is 21.6 Å². The van der Waals surface area contributed by atoms with Gasteiger partial charge in [-0.05, 0) is 19.3 Å². The summed E-state index contributed by atoms with van der Waals surface area (Å²) >= 11 is 0. The number of rotatable bonds is 5. The number of hydrogen-bond acceptors (Lipinski definition) is 2. The van der Waals surface area contributed by atoms with Crippen LogP contribution in [0, 0.1) is 0 Å². The molecule has 4 heteroatoms. The Labute approximate surface area is 90.5 Å². The molecule has 0 fully saturated rings. The summed E-state index contributed by atoms with van der Waals surface area (Å²) in [6.45, 7) is 6.30. The van der Waals surface area contributed by atoms with E-state index in [1.54, 1.807) is 12.4 Å². The van der Waals surface area contributed by atoms with Crippen molar-refractivity contribution in [2.75, 3.05) is 0 Å². The van der Waals surface area contributed by atoms with E-state index in [1.807, 2.05) is 0 Å². The van der Waals surface area contributed by atoms with E-state index in [1.165, 1.54) is 0 Å². The molecule has 0 spiro atoms. The first-order chi connectivity index (χ1) is 7.17. The number of carbonyl (C=O) groups excluding carboxylic acids is 1. The molecule has 0 atom stereocenters. The quantitative estimate of drug-likeness (QED) is 0.780. The zero-order valence-corrected chi connectivity index (χ0v) is 9.63. The highest BCUT2D eigenvalue weighted by Gasteiger charge is 2.26. The number of hydrogen-bond donors (Lipinski definition) is 2. The molecule has 1 rings (SSSR count). The summed E-state index contributed by atoms with van der Waals surface area (Å²) in [6, 6.07) is 0. The lowest BCUT2D eigenvalue weighted by Crippen LogP contribution is -2.47. The van der Waals surface area contributed by atoms with Gasteiger partial charge in [0.15, 0.2) is 0 Å². The largest absolute Gasteiger partial charge is 0.347 e. The van der Waals surface area contributed by atoms with Crippen molar-refractivity contribution in [3.05, 3.63) is 18.0 Å². The van der Waals surface area contributed by atoms with Gasteiger partial charge in [-0.1, -0.05) is 20.8 Å². The van der Waals surface area contributed by atoms with Crippen LogP contribution in [0.2, 0.25) is 0 Å². The molecule has 2 N–H and O–H groups in total. The fourth-order valence-electron chi connectivity index (χ4n) is 1.70. The van der Waals surface area contributed by atoms with Crippen LogP contribution in [0.4, 0.5) is 0 Å². The molecule has 0 aromatic carbocycles. The van der Waals surface area contributed by atoms with Crippen molar-refractivity contribution in [3.63, 3.8) is 0 Å². The Kier molecular flexibility index (Phi) is 3.88. The summed E-state index contributed by atoms with van der Waals surface area (Å²) in [4.78, 5) is 11.8. The lowest BCUT2D eigenvalue weighted by Gasteiger charge is -2.31. The predicted octanol–water partition coefficient (Wildman–Crippen LogP) is 2.11. The maximum absolute atomic E-state index is 11.8. The van der Waals surface area contributed by atoms with Crippen LogP contribution in [0.15, 0.2) is 12.4 Å². The maximum atomic E-state index is 11.8. The van der Waals surface area contributed by atoms with E-state index < -0.39 is 0 Å². The van der Waals surface area contributed by atoms with Crippen molar-refractivity contribution in [1.29, 1.82) is 0 Å². The minimum atomic E-state index is -0.0750. The van der Waals surface area contributed by atoms with Gasteiger partial charge in [-0.2, -0.15) is 5.10 Å². The van der Waals surface area contributed by atoms with Gasteiger partial charge in [-0.15, -0.1) is 0 Å². The Bertz CT molecular complexity index is 293. The predicted molar refractivity (Wildman–Crippen MR) is 59.7 cm³/mol. The summed E-state index contributed by atoms with van der Waals surface area (Å²) in [6.07, 6.45) is 6.00. The number of nitrogens with zero attached hydrogens (tertiary/aromatic N) is 1. The molecule has 0 radical (unpaired) electrons. The third-order valence-corrected chi connectivity index (χ3v) is 3.17. The molecule has 84 valence electrons. The lowest BCUT2D eigenvalue weighted by molar-refractivity contribution is 0.0888. The van der Waals surface area contributed by atoms with Crippen LogP contribution in [0.1, 0.15) is 50.4 Å². The Morgan fingerprint density at radius 2 is 2.00 bits per heavy atom. The SMILES string of the molecule is CCC(CC)(CC)NC(=O)c1cn[nH]c1. The molecule has 0 unspecified atom stereocenters. The summed E-state index contributed by atoms with van der Waals surface area (Å²) in [5.41, 5.74) is 0.517. The fraction of sp³-hybridized carbons (Fsp3) is 0.636. The van der Waals surface area contributed by atoms with Crippen molar-refractivity contribution in [2.45, 2.75) is 45.6 Å². The molecule has 15 heavy (non-hydrogen) atoms. The third kappa shape index (κ3) is 2.58. The number of aromatic nitrogens is 2. The summed E-state index contributed by atoms with van der Waals surface area (Å²) in [5.74, 6) is -0.0469. The van der Waals surface area contributed by atoms with E-state index in [-0.39, 0.29) is 11.4 Å². The Morgan fingerprint density at radius 1 is 1.40 bits per heavy atom. The van der Waals surface area contributed by atoms with Crippen LogP contribution < -0.4 is 5.32 Å². The van der Waals surface area contributed by atoms with Crippen molar-refractivity contribution in [2.24, 2.45) is 0 Å². The monoisotopic (exact) mass is 209 g/mol. The average Bonchev–Trinajstić information content (AvgIpc) is 2.79. The minimum Gasteiger partial charge on any atom is -0.347 e. The van der Waals surface area contributed by atoms with E-state index in [4.69, 9.17) is 0 Å². The Morgan fingerprint density at radius 3 is 2.40 bits per heavy atom. The zero-order chi connectivity index (χ0) is 11.3. The van der Waals surface area contributed by atoms with E-state index in [0.29, 0.717) is 5.56 Å². The van der Waals surface area contributed by atoms with E-state index in [2.05, 4.69) is 36.3 Å². The second kappa shape index (κ2) is 4.96. The zero-order valence-electron chi connectivity index (χ0n) is 9.63. The van der Waals surface area contributed by atoms with Gasteiger partial charge in [-0.3, -0.25) is 9.89 Å². The van der Waals surface area contributed by atoms with Gasteiger partial charge in [-0.25, -0.2) is 0 Å². The first-order valence-corrected chi connectivity index (χ1v) is 5.48. The molecule has 1 aromatic rings. The van der Waals surface area contributed by atoms with E-state index in [0.717, 1.165) is 19.3 Å². The van der Waals surface area contributed by atoms with Crippen LogP contribution in [0.5, 0.6) is 0 Å². The molecule has 0 saturated heterocycles. The topological polar surface area (TPSA) is 57.8 Å². The molecule has 0 bridgehead atoms. The van der Waals surface area contributed by atoms with Crippen LogP contribution in [0.3, 0.4) is 0 Å². The van der Waals surface area contributed by atoms with Gasteiger partial charge < -0.3 is 5.32 Å². The van der Waals surface area contributed by atoms with Gasteiger partial charge in [0.1, 0.15) is 0 Å². The molecule has 1 heterocycles. The van der Waals surface area contributed by atoms with Gasteiger partial charge in [0.05, 0.1) is 11.8 Å². The first-order valence-electron chi connectivity index (χ1n) is 5.48. The number of H-pyrrole nitrogens is 1. The molecule has 0 aliphatic carbocycles. The molecular formula is C11H19N3O. The molecule has 4 nitrogen and oxygen atoms in total. The van der Waals surface area contributed by atoms with Gasteiger partial charge >= 0.3 is 0 Å². The lowest BCUT2D eigenvalue weighted by atomic mass is 9.89. The highest BCUT2D eigenvalue weighted by Crippen LogP contribution is 2.19. The fourth-order valence-corrected chi connectivity index (χ4v) is 1.70. The molecule has 0 saturated carbocycles. The number of aromatic amines is 1. The van der Waals surface area contributed by atoms with Gasteiger partial charge in [0.2, 0.25) is 0 Å². The third-order valence-electron chi connectivity index (χ3n) is 3.17. The highest BCUT2D eigenvalue weighted by atomic mass is 16.1. The van der Waals surface area contributed by atoms with Gasteiger partial charge in [0, 0.05) is 11.7 Å². The van der Waals surface area contributed by atoms with Crippen LogP contribution in [-0.2, 0) is 0 Å². The smallest absolute Gasteiger partial charge is 0.254 e. The van der Waals surface area contributed by atoms with Crippen molar-refractivity contribution in [3.8, 4) is 0 Å². The van der Waals surface area contributed by atoms with Crippen LogP contribution >= 0.6 is 0 Å². The molecule has 0 aliphatic rings. The van der Waals surface area contributed by atoms with E-state index in [9.17, 15) is 4.79 Å². The first kappa shape index (κ1) is 11.8. The van der Waals surface area contributed by atoms with Crippen molar-refractivity contribution >= 4 is 5.91 Å². The van der Waals surface area contributed by atoms with Gasteiger partial charge in [0.25, 0.3) is 5.91 Å². The standard InChI is InChI=1S/C11H19N3O/c1-4-11(5-2,6-3)14-10(15)9-7-12-13-8-9/h7-8H,4-6H2,1-3H3,(H,12,13)(H,14,15). The molecule has 1 amide bonds. The Hall–Kier alpha value is -1.32. The summed E-state index contributed by atoms with van der Waals surface area (Å²) in [5, 5.41) is 9.49. The summed E-state index contributed by atoms with van der Waals surface area (Å²) < 4.78 is 0. The number of nitrogens with one attached hydrogen (secondary N) is 2.